The summed E-state index contributed by atoms with van der Waals surface area (Å²) in [4.78, 5) is 5.47. The number of hydrogen-bond donors (Lipinski definition) is 0. The van der Waals surface area contributed by atoms with Crippen molar-refractivity contribution in [2.75, 3.05) is 25.0 Å². The van der Waals surface area contributed by atoms with Crippen molar-refractivity contribution in [3.63, 3.8) is 0 Å². The van der Waals surface area contributed by atoms with E-state index in [4.69, 9.17) is 0 Å². The van der Waals surface area contributed by atoms with Crippen LogP contribution in [0.5, 0.6) is 0 Å². The van der Waals surface area contributed by atoms with Crippen LogP contribution < -0.4 is 0 Å². The fraction of sp³-hybridized carbons (Fsp3) is 0.125. The topological polar surface area (TPSA) is 0 Å². The summed E-state index contributed by atoms with van der Waals surface area (Å²) in [5.41, 5.74) is 10.9. The van der Waals surface area contributed by atoms with E-state index >= 15 is 0 Å². The van der Waals surface area contributed by atoms with Crippen LogP contribution in [0.15, 0.2) is 139 Å². The molecule has 0 saturated carbocycles. The number of fused-ring (bicyclic) bond motifs is 2. The molecule has 0 aromatic heterocycles. The van der Waals surface area contributed by atoms with E-state index < -0.39 is 0 Å². The molecule has 200 valence electrons. The van der Waals surface area contributed by atoms with E-state index in [0.29, 0.717) is 0 Å². The summed E-state index contributed by atoms with van der Waals surface area (Å²) >= 11 is 7.28. The normalized spacial score (nSPS) is 16.2. The summed E-state index contributed by atoms with van der Waals surface area (Å²) in [5, 5.41) is 0. The molecule has 0 radical (unpaired) electrons. The molecule has 0 spiro atoms. The molecule has 0 fully saturated rings. The van der Waals surface area contributed by atoms with Crippen molar-refractivity contribution in [1.29, 1.82) is 0 Å². The van der Waals surface area contributed by atoms with Gasteiger partial charge in [-0.25, -0.2) is 0 Å². The van der Waals surface area contributed by atoms with Crippen LogP contribution in [0.4, 0.5) is 0 Å². The number of benzene rings is 2. The van der Waals surface area contributed by atoms with E-state index in [0.717, 1.165) is 0 Å². The summed E-state index contributed by atoms with van der Waals surface area (Å²) in [6.45, 7) is 0. The second-order valence-corrected chi connectivity index (χ2v) is 11.9. The molecule has 7 heteroatoms. The SMILES string of the molecule is CSC1=CC2=C(SC)C=C(c3ccccc3)C2=C1.CSC1=CC2=C(SC)C=C(c3ccccc3)C2=C1.Cl.Cl.[Zr]. The van der Waals surface area contributed by atoms with Crippen molar-refractivity contribution in [3.8, 4) is 0 Å². The molecule has 0 atom stereocenters. The summed E-state index contributed by atoms with van der Waals surface area (Å²) in [7, 11) is 0. The minimum Gasteiger partial charge on any atom is -0.147 e. The Morgan fingerprint density at radius 1 is 0.410 bits per heavy atom. The van der Waals surface area contributed by atoms with Crippen LogP contribution in [0.2, 0.25) is 0 Å². The maximum absolute atomic E-state index is 2.31. The monoisotopic (exact) mass is 702 g/mol. The first-order valence-electron chi connectivity index (χ1n) is 11.7. The molecule has 2 aromatic carbocycles. The van der Waals surface area contributed by atoms with Gasteiger partial charge in [-0.2, -0.15) is 0 Å². The molecule has 2 aromatic rings. The molecule has 0 heterocycles. The molecular formula is C32H30Cl2S4Zr. The van der Waals surface area contributed by atoms with E-state index in [1.54, 1.807) is 0 Å². The van der Waals surface area contributed by atoms with Gasteiger partial charge < -0.3 is 0 Å². The Morgan fingerprint density at radius 2 is 0.769 bits per heavy atom. The second-order valence-electron chi connectivity index (χ2n) is 8.43. The van der Waals surface area contributed by atoms with Crippen molar-refractivity contribution in [2.24, 2.45) is 0 Å². The quantitative estimate of drug-likeness (QED) is 0.293. The van der Waals surface area contributed by atoms with Gasteiger partial charge in [0.15, 0.2) is 0 Å². The average molecular weight is 705 g/mol. The zero-order valence-corrected chi connectivity index (χ0v) is 29.5. The molecule has 0 saturated heterocycles. The molecule has 0 amide bonds. The largest absolute Gasteiger partial charge is 0.147 e. The van der Waals surface area contributed by atoms with Crippen LogP contribution in [0.3, 0.4) is 0 Å². The zero-order valence-electron chi connectivity index (χ0n) is 22.2. The van der Waals surface area contributed by atoms with Gasteiger partial charge in [0.05, 0.1) is 0 Å². The summed E-state index contributed by atoms with van der Waals surface area (Å²) < 4.78 is 0. The maximum atomic E-state index is 2.31. The Morgan fingerprint density at radius 3 is 1.08 bits per heavy atom. The summed E-state index contributed by atoms with van der Waals surface area (Å²) in [6, 6.07) is 21.3. The molecule has 0 aliphatic heterocycles. The minimum atomic E-state index is 0. The van der Waals surface area contributed by atoms with Crippen LogP contribution in [0, 0.1) is 0 Å². The van der Waals surface area contributed by atoms with Gasteiger partial charge in [-0.1, -0.05) is 60.7 Å². The average Bonchev–Trinajstić information content (AvgIpc) is 3.69. The number of halogens is 2. The molecule has 4 aliphatic carbocycles. The zero-order chi connectivity index (χ0) is 25.1. The van der Waals surface area contributed by atoms with E-state index in [-0.39, 0.29) is 51.0 Å². The summed E-state index contributed by atoms with van der Waals surface area (Å²) in [5.74, 6) is 0. The van der Waals surface area contributed by atoms with Gasteiger partial charge in [-0.3, -0.25) is 0 Å². The first-order valence-corrected chi connectivity index (χ1v) is 16.6. The van der Waals surface area contributed by atoms with E-state index in [1.165, 1.54) is 64.2 Å². The minimum absolute atomic E-state index is 0. The Kier molecular flexibility index (Phi) is 14.1. The van der Waals surface area contributed by atoms with Crippen LogP contribution in [-0.2, 0) is 26.2 Å². The molecule has 4 aliphatic rings. The fourth-order valence-corrected chi connectivity index (χ4v) is 6.87. The third kappa shape index (κ3) is 7.36. The third-order valence-corrected chi connectivity index (χ3v) is 9.44. The van der Waals surface area contributed by atoms with Gasteiger partial charge in [0.2, 0.25) is 0 Å². The van der Waals surface area contributed by atoms with Gasteiger partial charge in [0.25, 0.3) is 0 Å². The first kappa shape index (κ1) is 34.4. The molecule has 0 nitrogen and oxygen atoms in total. The van der Waals surface area contributed by atoms with Crippen molar-refractivity contribution in [3.05, 3.63) is 150 Å². The molecule has 0 bridgehead atoms. The molecule has 0 N–H and O–H groups in total. The Balaban J connectivity index is 0.000000254. The van der Waals surface area contributed by atoms with E-state index in [9.17, 15) is 0 Å². The summed E-state index contributed by atoms with van der Waals surface area (Å²) in [6.07, 6.45) is 22.4. The smallest absolute Gasteiger partial charge is 0.0155 e. The number of allylic oxidation sites excluding steroid dienone is 12. The first-order chi connectivity index (χ1) is 17.7. The van der Waals surface area contributed by atoms with Crippen molar-refractivity contribution in [1.82, 2.24) is 0 Å². The van der Waals surface area contributed by atoms with Gasteiger partial charge in [0.1, 0.15) is 0 Å². The standard InChI is InChI=1S/2C16H14S2.2ClH.Zr/c2*1-17-12-8-14-13(11-6-4-3-5-7-11)10-16(18-2)15(14)9-12;;;/h2*3-10H,1-2H3;2*1H;. The van der Waals surface area contributed by atoms with Gasteiger partial charge in [-0.05, 0) is 106 Å². The Labute approximate surface area is 281 Å². The van der Waals surface area contributed by atoms with Gasteiger partial charge in [0, 0.05) is 45.8 Å². The van der Waals surface area contributed by atoms with Crippen LogP contribution >= 0.6 is 71.9 Å². The predicted octanol–water partition coefficient (Wildman–Crippen LogP) is 10.6. The molecule has 6 rings (SSSR count). The van der Waals surface area contributed by atoms with Crippen LogP contribution in [-0.4, -0.2) is 25.0 Å². The third-order valence-electron chi connectivity index (χ3n) is 6.47. The maximum Gasteiger partial charge on any atom is 0.0155 e. The molecular weight excluding hydrogens is 675 g/mol. The van der Waals surface area contributed by atoms with Crippen molar-refractivity contribution >= 4 is 83.0 Å². The van der Waals surface area contributed by atoms with Gasteiger partial charge >= 0.3 is 0 Å². The van der Waals surface area contributed by atoms with Crippen molar-refractivity contribution < 1.29 is 26.2 Å². The fourth-order valence-electron chi connectivity index (χ4n) is 4.68. The second kappa shape index (κ2) is 16.0. The Hall–Kier alpha value is -0.777. The molecule has 0 unspecified atom stereocenters. The van der Waals surface area contributed by atoms with Crippen LogP contribution in [0.1, 0.15) is 11.1 Å². The number of rotatable bonds is 6. The Bertz CT molecular complexity index is 1330. The predicted molar refractivity (Wildman–Crippen MR) is 184 cm³/mol. The van der Waals surface area contributed by atoms with E-state index in [2.05, 4.69) is 122 Å². The van der Waals surface area contributed by atoms with Crippen molar-refractivity contribution in [2.45, 2.75) is 0 Å². The number of hydrogen-bond acceptors (Lipinski definition) is 4. The molecule has 39 heavy (non-hydrogen) atoms. The van der Waals surface area contributed by atoms with Crippen LogP contribution in [0.25, 0.3) is 11.1 Å². The number of thioether (sulfide) groups is 4. The van der Waals surface area contributed by atoms with Gasteiger partial charge in [-0.15, -0.1) is 71.9 Å². The van der Waals surface area contributed by atoms with E-state index in [1.807, 2.05) is 47.0 Å².